The van der Waals surface area contributed by atoms with Gasteiger partial charge in [-0.25, -0.2) is 12.8 Å². The van der Waals surface area contributed by atoms with E-state index in [0.29, 0.717) is 11.0 Å². The van der Waals surface area contributed by atoms with Crippen molar-refractivity contribution in [1.82, 2.24) is 19.2 Å². The van der Waals surface area contributed by atoms with Crippen molar-refractivity contribution in [2.45, 2.75) is 5.75 Å². The molecule has 0 radical (unpaired) electrons. The maximum atomic E-state index is 13.9. The molecule has 1 fully saturated rings. The highest BCUT2D eigenvalue weighted by Crippen LogP contribution is 2.20. The van der Waals surface area contributed by atoms with Gasteiger partial charge in [0, 0.05) is 44.6 Å². The van der Waals surface area contributed by atoms with Crippen molar-refractivity contribution >= 4 is 27.0 Å². The molecule has 1 aliphatic rings. The number of carbonyl (C=O) groups excluding carboxylic acids is 1. The number of nitrogens with zero attached hydrogens (tertiary/aromatic N) is 4. The highest BCUT2D eigenvalue weighted by Gasteiger charge is 2.30. The number of benzene rings is 2. The van der Waals surface area contributed by atoms with E-state index in [1.54, 1.807) is 24.3 Å². The SMILES string of the molecule is O=C(c1cc(F)cc2nccnc12)N1CCN(S(=O)(=O)Cc2ccccc2)CC1. The third kappa shape index (κ3) is 4.10. The summed E-state index contributed by atoms with van der Waals surface area (Å²) in [6, 6.07) is 11.4. The molecule has 9 heteroatoms. The Labute approximate surface area is 167 Å². The summed E-state index contributed by atoms with van der Waals surface area (Å²) in [7, 11) is -3.48. The molecule has 150 valence electrons. The van der Waals surface area contributed by atoms with Crippen molar-refractivity contribution in [1.29, 1.82) is 0 Å². The van der Waals surface area contributed by atoms with E-state index in [1.165, 1.54) is 27.7 Å². The molecule has 0 bridgehead atoms. The first kappa shape index (κ1) is 19.4. The van der Waals surface area contributed by atoms with Gasteiger partial charge in [0.15, 0.2) is 0 Å². The van der Waals surface area contributed by atoms with Crippen LogP contribution in [0.4, 0.5) is 4.39 Å². The Kier molecular flexibility index (Phi) is 5.25. The Morgan fingerprint density at radius 3 is 2.41 bits per heavy atom. The van der Waals surface area contributed by atoms with E-state index in [-0.39, 0.29) is 43.4 Å². The third-order valence-electron chi connectivity index (χ3n) is 4.88. The van der Waals surface area contributed by atoms with Crippen LogP contribution in [0.3, 0.4) is 0 Å². The maximum Gasteiger partial charge on any atom is 0.256 e. The highest BCUT2D eigenvalue weighted by molar-refractivity contribution is 7.88. The van der Waals surface area contributed by atoms with E-state index in [4.69, 9.17) is 0 Å². The van der Waals surface area contributed by atoms with Crippen LogP contribution >= 0.6 is 0 Å². The molecule has 0 atom stereocenters. The summed E-state index contributed by atoms with van der Waals surface area (Å²) in [6.45, 7) is 0.843. The molecule has 3 aromatic rings. The number of aromatic nitrogens is 2. The molecule has 2 heterocycles. The monoisotopic (exact) mass is 414 g/mol. The standard InChI is InChI=1S/C20H19FN4O3S/c21-16-12-17(19-18(13-16)22-6-7-23-19)20(26)24-8-10-25(11-9-24)29(27,28)14-15-4-2-1-3-5-15/h1-7,12-13H,8-11,14H2. The third-order valence-corrected chi connectivity index (χ3v) is 6.73. The Hall–Kier alpha value is -2.91. The van der Waals surface area contributed by atoms with Gasteiger partial charge in [-0.15, -0.1) is 0 Å². The largest absolute Gasteiger partial charge is 0.336 e. The van der Waals surface area contributed by atoms with E-state index < -0.39 is 15.8 Å². The van der Waals surface area contributed by atoms with Crippen LogP contribution in [0.1, 0.15) is 15.9 Å². The van der Waals surface area contributed by atoms with Crippen molar-refractivity contribution in [3.8, 4) is 0 Å². The minimum absolute atomic E-state index is 0.0775. The number of fused-ring (bicyclic) bond motifs is 1. The fourth-order valence-electron chi connectivity index (χ4n) is 3.42. The van der Waals surface area contributed by atoms with E-state index in [2.05, 4.69) is 9.97 Å². The molecule has 1 amide bonds. The van der Waals surface area contributed by atoms with Crippen LogP contribution in [0.2, 0.25) is 0 Å². The molecular formula is C20H19FN4O3S. The van der Waals surface area contributed by atoms with E-state index >= 15 is 0 Å². The number of carbonyl (C=O) groups is 1. The first-order valence-corrected chi connectivity index (χ1v) is 10.8. The molecular weight excluding hydrogens is 395 g/mol. The number of halogens is 1. The Bertz CT molecular complexity index is 1150. The molecule has 0 spiro atoms. The fourth-order valence-corrected chi connectivity index (χ4v) is 4.94. The van der Waals surface area contributed by atoms with Gasteiger partial charge in [-0.1, -0.05) is 30.3 Å². The molecule has 0 saturated carbocycles. The predicted octanol–water partition coefficient (Wildman–Crippen LogP) is 2.06. The van der Waals surface area contributed by atoms with Gasteiger partial charge < -0.3 is 4.90 Å². The van der Waals surface area contributed by atoms with Gasteiger partial charge in [0.25, 0.3) is 5.91 Å². The van der Waals surface area contributed by atoms with Gasteiger partial charge in [0.05, 0.1) is 16.8 Å². The van der Waals surface area contributed by atoms with Crippen molar-refractivity contribution in [3.05, 3.63) is 71.8 Å². The van der Waals surface area contributed by atoms with Gasteiger partial charge in [0.1, 0.15) is 11.3 Å². The summed E-state index contributed by atoms with van der Waals surface area (Å²) in [6.07, 6.45) is 2.89. The second-order valence-electron chi connectivity index (χ2n) is 6.81. The Morgan fingerprint density at radius 1 is 1.00 bits per heavy atom. The summed E-state index contributed by atoms with van der Waals surface area (Å²) < 4.78 is 40.7. The predicted molar refractivity (Wildman–Crippen MR) is 106 cm³/mol. The summed E-state index contributed by atoms with van der Waals surface area (Å²) in [5.74, 6) is -1.02. The Balaban J connectivity index is 1.48. The van der Waals surface area contributed by atoms with Crippen molar-refractivity contribution in [2.75, 3.05) is 26.2 Å². The van der Waals surface area contributed by atoms with Crippen molar-refractivity contribution in [3.63, 3.8) is 0 Å². The minimum Gasteiger partial charge on any atom is -0.336 e. The first-order chi connectivity index (χ1) is 13.9. The normalized spacial score (nSPS) is 15.6. The van der Waals surface area contributed by atoms with E-state index in [1.807, 2.05) is 6.07 Å². The van der Waals surface area contributed by atoms with E-state index in [9.17, 15) is 17.6 Å². The van der Waals surface area contributed by atoms with Crippen LogP contribution in [-0.4, -0.2) is 59.7 Å². The average Bonchev–Trinajstić information content (AvgIpc) is 2.73. The van der Waals surface area contributed by atoms with Crippen LogP contribution in [-0.2, 0) is 15.8 Å². The number of sulfonamides is 1. The lowest BCUT2D eigenvalue weighted by Crippen LogP contribution is -2.50. The zero-order valence-electron chi connectivity index (χ0n) is 15.5. The summed E-state index contributed by atoms with van der Waals surface area (Å²) in [5.41, 5.74) is 1.49. The first-order valence-electron chi connectivity index (χ1n) is 9.15. The zero-order chi connectivity index (χ0) is 20.4. The van der Waals surface area contributed by atoms with Crippen LogP contribution < -0.4 is 0 Å². The summed E-state index contributed by atoms with van der Waals surface area (Å²) in [4.78, 5) is 22.7. The van der Waals surface area contributed by atoms with E-state index in [0.717, 1.165) is 11.6 Å². The Morgan fingerprint density at radius 2 is 1.69 bits per heavy atom. The molecule has 2 aromatic carbocycles. The molecule has 4 rings (SSSR count). The molecule has 1 aliphatic heterocycles. The second-order valence-corrected chi connectivity index (χ2v) is 8.78. The quantitative estimate of drug-likeness (QED) is 0.653. The lowest BCUT2D eigenvalue weighted by molar-refractivity contribution is 0.0699. The van der Waals surface area contributed by atoms with Gasteiger partial charge in [0.2, 0.25) is 10.0 Å². The van der Waals surface area contributed by atoms with Gasteiger partial charge in [-0.2, -0.15) is 4.31 Å². The molecule has 0 N–H and O–H groups in total. The molecule has 1 aromatic heterocycles. The van der Waals surface area contributed by atoms with Gasteiger partial charge in [-0.3, -0.25) is 14.8 Å². The smallest absolute Gasteiger partial charge is 0.256 e. The van der Waals surface area contributed by atoms with Crippen LogP contribution in [0.5, 0.6) is 0 Å². The number of hydrogen-bond donors (Lipinski definition) is 0. The van der Waals surface area contributed by atoms with Crippen molar-refractivity contribution in [2.24, 2.45) is 0 Å². The number of rotatable bonds is 4. The topological polar surface area (TPSA) is 83.5 Å². The molecule has 0 aliphatic carbocycles. The van der Waals surface area contributed by atoms with Crippen molar-refractivity contribution < 1.29 is 17.6 Å². The molecule has 0 unspecified atom stereocenters. The van der Waals surface area contributed by atoms with Crippen LogP contribution in [0, 0.1) is 5.82 Å². The zero-order valence-corrected chi connectivity index (χ0v) is 16.3. The number of piperazine rings is 1. The number of amides is 1. The lowest BCUT2D eigenvalue weighted by Gasteiger charge is -2.34. The summed E-state index contributed by atoms with van der Waals surface area (Å²) in [5, 5.41) is 0. The van der Waals surface area contributed by atoms with Gasteiger partial charge >= 0.3 is 0 Å². The van der Waals surface area contributed by atoms with Crippen LogP contribution in [0.25, 0.3) is 11.0 Å². The lowest BCUT2D eigenvalue weighted by atomic mass is 10.1. The average molecular weight is 414 g/mol. The van der Waals surface area contributed by atoms with Crippen LogP contribution in [0.15, 0.2) is 54.9 Å². The molecule has 29 heavy (non-hydrogen) atoms. The molecule has 7 nitrogen and oxygen atoms in total. The number of hydrogen-bond acceptors (Lipinski definition) is 5. The molecule has 1 saturated heterocycles. The second kappa shape index (κ2) is 7.84. The fraction of sp³-hybridized carbons (Fsp3) is 0.250. The summed E-state index contributed by atoms with van der Waals surface area (Å²) >= 11 is 0. The van der Waals surface area contributed by atoms with Gasteiger partial charge in [-0.05, 0) is 11.6 Å². The maximum absolute atomic E-state index is 13.9. The minimum atomic E-state index is -3.48. The highest BCUT2D eigenvalue weighted by atomic mass is 32.2.